The van der Waals surface area contributed by atoms with Crippen LogP contribution in [-0.2, 0) is 4.79 Å². The van der Waals surface area contributed by atoms with Crippen LogP contribution in [0, 0.1) is 6.92 Å². The van der Waals surface area contributed by atoms with Gasteiger partial charge in [0.25, 0.3) is 5.91 Å². The monoisotopic (exact) mass is 425 g/mol. The minimum absolute atomic E-state index is 0.0733. The molecule has 0 bridgehead atoms. The Morgan fingerprint density at radius 1 is 1.07 bits per heavy atom. The van der Waals surface area contributed by atoms with Gasteiger partial charge in [-0.1, -0.05) is 41.6 Å². The Balaban J connectivity index is 1.43. The Kier molecular flexibility index (Phi) is 5.37. The molecule has 146 valence electrons. The summed E-state index contributed by atoms with van der Waals surface area (Å²) in [5.74, 6) is -0.705. The fourth-order valence-corrected chi connectivity index (χ4v) is 3.81. The van der Waals surface area contributed by atoms with Crippen LogP contribution in [-0.4, -0.2) is 32.2 Å². The number of aryl methyl sites for hydroxylation is 1. The van der Waals surface area contributed by atoms with E-state index < -0.39 is 5.91 Å². The maximum atomic E-state index is 12.2. The molecule has 9 heteroatoms. The van der Waals surface area contributed by atoms with Gasteiger partial charge in [0.1, 0.15) is 0 Å². The Labute approximate surface area is 175 Å². The molecule has 0 aliphatic heterocycles. The topological polar surface area (TPSA) is 88.4 Å². The first-order valence-electron chi connectivity index (χ1n) is 8.74. The number of carbonyl (C=O) groups excluding carboxylic acids is 2. The quantitative estimate of drug-likeness (QED) is 0.386. The van der Waals surface area contributed by atoms with Gasteiger partial charge in [-0.15, -0.1) is 10.2 Å². The number of hydrogen-bond acceptors (Lipinski definition) is 5. The van der Waals surface area contributed by atoms with E-state index in [0.717, 1.165) is 22.1 Å². The van der Waals surface area contributed by atoms with Crippen LogP contribution in [0.25, 0.3) is 16.6 Å². The van der Waals surface area contributed by atoms with E-state index in [0.29, 0.717) is 15.7 Å². The zero-order valence-corrected chi connectivity index (χ0v) is 16.9. The molecular formula is C20H16ClN5O2S. The highest BCUT2D eigenvalue weighted by molar-refractivity contribution is 7.99. The first-order valence-corrected chi connectivity index (χ1v) is 10.1. The standard InChI is InChI=1S/C20H16ClN5O2S/c1-12-10-17-22-25-20(26(17)16-5-3-2-4-15(12)16)29-11-18(27)23-24-19(28)13-6-8-14(21)9-7-13/h2-10H,11H2,1H3,(H,23,27)(H,24,28). The number of rotatable bonds is 4. The largest absolute Gasteiger partial charge is 0.272 e. The molecule has 2 heterocycles. The molecule has 2 aromatic heterocycles. The summed E-state index contributed by atoms with van der Waals surface area (Å²) in [6, 6.07) is 16.3. The number of hydrazine groups is 1. The minimum atomic E-state index is -0.422. The fourth-order valence-electron chi connectivity index (χ4n) is 2.93. The summed E-state index contributed by atoms with van der Waals surface area (Å²) >= 11 is 7.05. The third-order valence-electron chi connectivity index (χ3n) is 4.33. The van der Waals surface area contributed by atoms with E-state index >= 15 is 0 Å². The number of fused-ring (bicyclic) bond motifs is 3. The Morgan fingerprint density at radius 3 is 2.62 bits per heavy atom. The van der Waals surface area contributed by atoms with Gasteiger partial charge in [0.2, 0.25) is 5.91 Å². The van der Waals surface area contributed by atoms with Gasteiger partial charge >= 0.3 is 0 Å². The SMILES string of the molecule is Cc1cc2nnc(SCC(=O)NNC(=O)c3ccc(Cl)cc3)n2c2ccccc12. The summed E-state index contributed by atoms with van der Waals surface area (Å²) in [6.45, 7) is 2.03. The number of thioether (sulfide) groups is 1. The zero-order chi connectivity index (χ0) is 20.4. The number of carbonyl (C=O) groups is 2. The van der Waals surface area contributed by atoms with Crippen molar-refractivity contribution in [1.82, 2.24) is 25.4 Å². The van der Waals surface area contributed by atoms with Crippen molar-refractivity contribution in [1.29, 1.82) is 0 Å². The van der Waals surface area contributed by atoms with E-state index in [1.807, 2.05) is 41.7 Å². The molecule has 0 aliphatic carbocycles. The van der Waals surface area contributed by atoms with Crippen molar-refractivity contribution in [2.75, 3.05) is 5.75 Å². The average molecular weight is 426 g/mol. The average Bonchev–Trinajstić information content (AvgIpc) is 3.14. The highest BCUT2D eigenvalue weighted by atomic mass is 35.5. The van der Waals surface area contributed by atoms with Gasteiger partial charge in [-0.3, -0.25) is 24.8 Å². The molecule has 7 nitrogen and oxygen atoms in total. The van der Waals surface area contributed by atoms with Crippen LogP contribution in [0.1, 0.15) is 15.9 Å². The van der Waals surface area contributed by atoms with E-state index in [1.165, 1.54) is 11.8 Å². The van der Waals surface area contributed by atoms with Crippen LogP contribution in [0.4, 0.5) is 0 Å². The van der Waals surface area contributed by atoms with E-state index in [1.54, 1.807) is 24.3 Å². The maximum Gasteiger partial charge on any atom is 0.269 e. The molecule has 0 atom stereocenters. The van der Waals surface area contributed by atoms with Crippen LogP contribution in [0.2, 0.25) is 5.02 Å². The van der Waals surface area contributed by atoms with Crippen LogP contribution in [0.5, 0.6) is 0 Å². The number of aromatic nitrogens is 3. The molecule has 0 saturated heterocycles. The lowest BCUT2D eigenvalue weighted by molar-refractivity contribution is -0.119. The molecule has 29 heavy (non-hydrogen) atoms. The van der Waals surface area contributed by atoms with Gasteiger partial charge in [-0.05, 0) is 48.9 Å². The number of pyridine rings is 1. The maximum absolute atomic E-state index is 12.2. The van der Waals surface area contributed by atoms with Crippen LogP contribution in [0.3, 0.4) is 0 Å². The van der Waals surface area contributed by atoms with Crippen molar-refractivity contribution in [2.45, 2.75) is 12.1 Å². The molecule has 2 aromatic carbocycles. The lowest BCUT2D eigenvalue weighted by atomic mass is 10.1. The molecule has 2 N–H and O–H groups in total. The highest BCUT2D eigenvalue weighted by Gasteiger charge is 2.13. The molecule has 0 unspecified atom stereocenters. The van der Waals surface area contributed by atoms with Crippen LogP contribution in [0.15, 0.2) is 59.8 Å². The van der Waals surface area contributed by atoms with E-state index in [4.69, 9.17) is 11.6 Å². The molecule has 0 radical (unpaired) electrons. The fraction of sp³-hybridized carbons (Fsp3) is 0.100. The van der Waals surface area contributed by atoms with Crippen LogP contribution >= 0.6 is 23.4 Å². The van der Waals surface area contributed by atoms with Gasteiger partial charge in [0.05, 0.1) is 11.3 Å². The lowest BCUT2D eigenvalue weighted by Crippen LogP contribution is -2.42. The van der Waals surface area contributed by atoms with Crippen molar-refractivity contribution in [3.8, 4) is 0 Å². The molecular weight excluding hydrogens is 410 g/mol. The summed E-state index contributed by atoms with van der Waals surface area (Å²) < 4.78 is 1.92. The van der Waals surface area contributed by atoms with E-state index in [9.17, 15) is 9.59 Å². The highest BCUT2D eigenvalue weighted by Crippen LogP contribution is 2.25. The van der Waals surface area contributed by atoms with Gasteiger partial charge in [0, 0.05) is 16.0 Å². The van der Waals surface area contributed by atoms with Crippen LogP contribution < -0.4 is 10.9 Å². The molecule has 0 fully saturated rings. The molecule has 0 aliphatic rings. The van der Waals surface area contributed by atoms with Crippen molar-refractivity contribution >= 4 is 51.7 Å². The predicted octanol–water partition coefficient (Wildman–Crippen LogP) is 3.40. The smallest absolute Gasteiger partial charge is 0.269 e. The first-order chi connectivity index (χ1) is 14.0. The zero-order valence-electron chi connectivity index (χ0n) is 15.3. The Bertz CT molecular complexity index is 1220. The Hall–Kier alpha value is -3.10. The number of amides is 2. The molecule has 0 saturated carbocycles. The van der Waals surface area contributed by atoms with E-state index in [2.05, 4.69) is 21.0 Å². The summed E-state index contributed by atoms with van der Waals surface area (Å²) in [5.41, 5.74) is 7.99. The predicted molar refractivity (Wildman–Crippen MR) is 113 cm³/mol. The second-order valence-corrected chi connectivity index (χ2v) is 7.70. The minimum Gasteiger partial charge on any atom is -0.272 e. The van der Waals surface area contributed by atoms with Gasteiger partial charge in [-0.25, -0.2) is 0 Å². The molecule has 0 spiro atoms. The van der Waals surface area contributed by atoms with Crippen molar-refractivity contribution in [2.24, 2.45) is 0 Å². The number of hydrogen-bond donors (Lipinski definition) is 2. The van der Waals surface area contributed by atoms with Crippen molar-refractivity contribution in [3.63, 3.8) is 0 Å². The third kappa shape index (κ3) is 4.03. The van der Waals surface area contributed by atoms with Crippen molar-refractivity contribution < 1.29 is 9.59 Å². The first kappa shape index (κ1) is 19.2. The number of nitrogens with one attached hydrogen (secondary N) is 2. The third-order valence-corrected chi connectivity index (χ3v) is 5.51. The molecule has 4 aromatic rings. The lowest BCUT2D eigenvalue weighted by Gasteiger charge is -2.08. The number of para-hydroxylation sites is 1. The van der Waals surface area contributed by atoms with Gasteiger partial charge < -0.3 is 0 Å². The van der Waals surface area contributed by atoms with E-state index in [-0.39, 0.29) is 11.7 Å². The summed E-state index contributed by atoms with van der Waals surface area (Å²) in [5, 5.41) is 10.7. The number of halogens is 1. The second kappa shape index (κ2) is 8.10. The second-order valence-electron chi connectivity index (χ2n) is 6.32. The van der Waals surface area contributed by atoms with Gasteiger partial charge in [0.15, 0.2) is 10.8 Å². The number of nitrogens with zero attached hydrogens (tertiary/aromatic N) is 3. The summed E-state index contributed by atoms with van der Waals surface area (Å²) in [7, 11) is 0. The van der Waals surface area contributed by atoms with Crippen molar-refractivity contribution in [3.05, 3.63) is 70.7 Å². The normalized spacial score (nSPS) is 11.0. The van der Waals surface area contributed by atoms with Gasteiger partial charge in [-0.2, -0.15) is 0 Å². The molecule has 2 amide bonds. The molecule has 4 rings (SSSR count). The number of benzene rings is 2. The Morgan fingerprint density at radius 2 is 1.83 bits per heavy atom. The summed E-state index contributed by atoms with van der Waals surface area (Å²) in [4.78, 5) is 24.2. The summed E-state index contributed by atoms with van der Waals surface area (Å²) in [6.07, 6.45) is 0.